The monoisotopic (exact) mass is 406 g/mol. The van der Waals surface area contributed by atoms with Crippen LogP contribution < -0.4 is 0 Å². The Kier molecular flexibility index (Phi) is 5.17. The number of benzene rings is 1. The van der Waals surface area contributed by atoms with Crippen LogP contribution in [0.25, 0.3) is 0 Å². The van der Waals surface area contributed by atoms with Crippen LogP contribution in [0.2, 0.25) is 0 Å². The number of hydrogen-bond donors (Lipinski definition) is 0. The molecule has 2 fully saturated rings. The number of methoxy groups -OCH3 is 1. The largest absolute Gasteiger partial charge is 0.384 e. The van der Waals surface area contributed by atoms with Gasteiger partial charge in [-0.1, -0.05) is 12.1 Å². The van der Waals surface area contributed by atoms with E-state index in [0.29, 0.717) is 19.6 Å². The summed E-state index contributed by atoms with van der Waals surface area (Å²) < 4.78 is 71.6. The highest BCUT2D eigenvalue weighted by Crippen LogP contribution is 2.45. The molecule has 2 aliphatic heterocycles. The Balaban J connectivity index is 1.89. The van der Waals surface area contributed by atoms with E-state index in [0.717, 1.165) is 12.3 Å². The minimum Gasteiger partial charge on any atom is -0.384 e. The zero-order valence-corrected chi connectivity index (χ0v) is 16.4. The minimum atomic E-state index is -3.98. The van der Waals surface area contributed by atoms with Crippen LogP contribution in [0.5, 0.6) is 0 Å². The minimum absolute atomic E-state index is 0.145. The van der Waals surface area contributed by atoms with Crippen LogP contribution in [0.1, 0.15) is 6.42 Å². The number of nitrogens with zero attached hydrogens (tertiary/aromatic N) is 2. The van der Waals surface area contributed by atoms with Crippen LogP contribution >= 0.6 is 0 Å². The van der Waals surface area contributed by atoms with Crippen molar-refractivity contribution in [3.05, 3.63) is 30.1 Å². The molecule has 2 heterocycles. The maximum atomic E-state index is 14.0. The molecule has 2 aliphatic rings. The van der Waals surface area contributed by atoms with Gasteiger partial charge in [0.2, 0.25) is 20.0 Å². The highest BCUT2D eigenvalue weighted by atomic mass is 32.2. The van der Waals surface area contributed by atoms with Gasteiger partial charge < -0.3 is 4.74 Å². The number of piperidine rings is 1. The summed E-state index contributed by atoms with van der Waals surface area (Å²) in [5.74, 6) is -0.988. The number of halogens is 1. The van der Waals surface area contributed by atoms with Crippen LogP contribution in [0, 0.1) is 17.2 Å². The normalized spacial score (nSPS) is 28.2. The second-order valence-electron chi connectivity index (χ2n) is 7.09. The quantitative estimate of drug-likeness (QED) is 0.720. The molecule has 146 valence electrons. The zero-order chi connectivity index (χ0) is 19.2. The Bertz CT molecular complexity index is 890. The molecule has 0 aromatic heterocycles. The van der Waals surface area contributed by atoms with E-state index in [1.807, 2.05) is 0 Å². The van der Waals surface area contributed by atoms with E-state index in [9.17, 15) is 21.2 Å². The van der Waals surface area contributed by atoms with Crippen molar-refractivity contribution in [2.75, 3.05) is 46.2 Å². The Morgan fingerprint density at radius 1 is 1.19 bits per heavy atom. The van der Waals surface area contributed by atoms with Gasteiger partial charge in [-0.3, -0.25) is 0 Å². The van der Waals surface area contributed by atoms with E-state index in [4.69, 9.17) is 4.74 Å². The van der Waals surface area contributed by atoms with Crippen molar-refractivity contribution >= 4 is 20.0 Å². The molecule has 0 amide bonds. The molecule has 1 aromatic carbocycles. The van der Waals surface area contributed by atoms with Crippen molar-refractivity contribution in [2.45, 2.75) is 11.3 Å². The number of ether oxygens (including phenoxy) is 1. The lowest BCUT2D eigenvalue weighted by atomic mass is 9.74. The Hall–Kier alpha value is -1.07. The van der Waals surface area contributed by atoms with E-state index in [1.54, 1.807) is 7.11 Å². The third-order valence-corrected chi connectivity index (χ3v) is 8.53. The van der Waals surface area contributed by atoms with Crippen LogP contribution in [-0.4, -0.2) is 71.6 Å². The van der Waals surface area contributed by atoms with Crippen molar-refractivity contribution in [1.29, 1.82) is 0 Å². The highest BCUT2D eigenvalue weighted by molar-refractivity contribution is 7.89. The van der Waals surface area contributed by atoms with Gasteiger partial charge in [-0.05, 0) is 24.5 Å². The third kappa shape index (κ3) is 3.40. The number of hydrogen-bond acceptors (Lipinski definition) is 5. The molecule has 2 atom stereocenters. The maximum absolute atomic E-state index is 14.0. The zero-order valence-electron chi connectivity index (χ0n) is 14.8. The van der Waals surface area contributed by atoms with Crippen LogP contribution in [0.15, 0.2) is 29.2 Å². The van der Waals surface area contributed by atoms with E-state index >= 15 is 0 Å². The summed E-state index contributed by atoms with van der Waals surface area (Å²) in [5.41, 5.74) is -0.418. The fourth-order valence-electron chi connectivity index (χ4n) is 3.99. The lowest BCUT2D eigenvalue weighted by Crippen LogP contribution is -2.50. The molecular weight excluding hydrogens is 383 g/mol. The summed E-state index contributed by atoms with van der Waals surface area (Å²) in [6.45, 7) is 1.26. The maximum Gasteiger partial charge on any atom is 0.245 e. The summed E-state index contributed by atoms with van der Waals surface area (Å²) in [5, 5.41) is 0. The van der Waals surface area contributed by atoms with Crippen molar-refractivity contribution in [2.24, 2.45) is 11.3 Å². The van der Waals surface area contributed by atoms with Gasteiger partial charge in [0.1, 0.15) is 10.7 Å². The lowest BCUT2D eigenvalue weighted by molar-refractivity contribution is 0.0208. The van der Waals surface area contributed by atoms with Gasteiger partial charge in [0.15, 0.2) is 0 Å². The molecule has 10 heteroatoms. The summed E-state index contributed by atoms with van der Waals surface area (Å²) in [6.07, 6.45) is 1.61. The predicted molar refractivity (Wildman–Crippen MR) is 94.0 cm³/mol. The predicted octanol–water partition coefficient (Wildman–Crippen LogP) is 0.744. The van der Waals surface area contributed by atoms with E-state index in [-0.39, 0.29) is 30.4 Å². The Morgan fingerprint density at radius 3 is 2.46 bits per heavy atom. The highest BCUT2D eigenvalue weighted by Gasteiger charge is 2.53. The molecule has 0 aliphatic carbocycles. The second kappa shape index (κ2) is 6.83. The molecule has 2 saturated heterocycles. The summed E-state index contributed by atoms with van der Waals surface area (Å²) in [4.78, 5) is -0.350. The summed E-state index contributed by atoms with van der Waals surface area (Å²) in [6, 6.07) is 5.29. The molecule has 3 rings (SSSR count). The lowest BCUT2D eigenvalue weighted by Gasteiger charge is -2.42. The average Bonchev–Trinajstić information content (AvgIpc) is 2.94. The molecule has 0 spiro atoms. The molecule has 0 N–H and O–H groups in total. The van der Waals surface area contributed by atoms with Gasteiger partial charge in [-0.15, -0.1) is 0 Å². The van der Waals surface area contributed by atoms with E-state index in [1.165, 1.54) is 26.8 Å². The van der Waals surface area contributed by atoms with Crippen LogP contribution in [0.3, 0.4) is 0 Å². The Labute approximate surface area is 153 Å². The van der Waals surface area contributed by atoms with E-state index in [2.05, 4.69) is 0 Å². The number of sulfonamides is 2. The first-order chi connectivity index (χ1) is 12.1. The molecule has 0 saturated carbocycles. The fraction of sp³-hybridized carbons (Fsp3) is 0.625. The van der Waals surface area contributed by atoms with Gasteiger partial charge in [-0.2, -0.15) is 4.31 Å². The SMILES string of the molecule is COCC12CCN(S(=O)(=O)c3ccccc3F)CC1CN(S(C)(=O)=O)C2. The van der Waals surface area contributed by atoms with Crippen molar-refractivity contribution in [1.82, 2.24) is 8.61 Å². The third-order valence-electron chi connectivity index (χ3n) is 5.42. The molecule has 7 nitrogen and oxygen atoms in total. The topological polar surface area (TPSA) is 84.0 Å². The first-order valence-electron chi connectivity index (χ1n) is 8.29. The first-order valence-corrected chi connectivity index (χ1v) is 11.6. The van der Waals surface area contributed by atoms with Gasteiger partial charge >= 0.3 is 0 Å². The molecule has 0 bridgehead atoms. The van der Waals surface area contributed by atoms with Gasteiger partial charge in [-0.25, -0.2) is 25.5 Å². The fourth-order valence-corrected chi connectivity index (χ4v) is 6.48. The van der Waals surface area contributed by atoms with Gasteiger partial charge in [0.05, 0.1) is 12.9 Å². The van der Waals surface area contributed by atoms with E-state index < -0.39 is 31.3 Å². The molecule has 26 heavy (non-hydrogen) atoms. The summed E-state index contributed by atoms with van der Waals surface area (Å²) in [7, 11) is -5.80. The number of fused-ring (bicyclic) bond motifs is 1. The van der Waals surface area contributed by atoms with Crippen LogP contribution in [-0.2, 0) is 24.8 Å². The number of rotatable bonds is 5. The van der Waals surface area contributed by atoms with Crippen molar-refractivity contribution in [3.8, 4) is 0 Å². The summed E-state index contributed by atoms with van der Waals surface area (Å²) >= 11 is 0. The molecule has 0 radical (unpaired) electrons. The van der Waals surface area contributed by atoms with Crippen molar-refractivity contribution in [3.63, 3.8) is 0 Å². The molecule has 2 unspecified atom stereocenters. The molecular formula is C16H23FN2O5S2. The Morgan fingerprint density at radius 2 is 1.85 bits per heavy atom. The van der Waals surface area contributed by atoms with Gasteiger partial charge in [0.25, 0.3) is 0 Å². The van der Waals surface area contributed by atoms with Crippen molar-refractivity contribution < 1.29 is 26.0 Å². The molecule has 1 aromatic rings. The standard InChI is InChI=1S/C16H23FN2O5S2/c1-24-12-16-7-8-18(9-13(16)10-19(11-16)25(2,20)21)26(22,23)15-6-4-3-5-14(15)17/h3-6,13H,7-12H2,1-2H3. The van der Waals surface area contributed by atoms with Crippen LogP contribution in [0.4, 0.5) is 4.39 Å². The smallest absolute Gasteiger partial charge is 0.245 e. The first kappa shape index (κ1) is 19.7. The average molecular weight is 407 g/mol. The van der Waals surface area contributed by atoms with Gasteiger partial charge in [0, 0.05) is 38.7 Å². The second-order valence-corrected chi connectivity index (χ2v) is 11.0.